The molecule has 0 saturated carbocycles. The first-order valence-electron chi connectivity index (χ1n) is 8.50. The molecule has 1 unspecified atom stereocenters. The number of ether oxygens (including phenoxy) is 3. The van der Waals surface area contributed by atoms with Gasteiger partial charge in [-0.05, 0) is 19.2 Å². The minimum Gasteiger partial charge on any atom is -0.497 e. The maximum Gasteiger partial charge on any atom is 0.193 e. The Morgan fingerprint density at radius 3 is 2.77 bits per heavy atom. The zero-order valence-corrected chi connectivity index (χ0v) is 18.6. The molecular formula is C18H31IN4O3. The van der Waals surface area contributed by atoms with Gasteiger partial charge in [0.2, 0.25) is 0 Å². The summed E-state index contributed by atoms with van der Waals surface area (Å²) in [5, 5.41) is 3.40. The summed E-state index contributed by atoms with van der Waals surface area (Å²) in [5.74, 6) is 2.41. The Morgan fingerprint density at radius 2 is 2.15 bits per heavy atom. The quantitative estimate of drug-likeness (QED) is 0.382. The highest BCUT2D eigenvalue weighted by Gasteiger charge is 2.19. The van der Waals surface area contributed by atoms with Gasteiger partial charge in [-0.3, -0.25) is 4.99 Å². The van der Waals surface area contributed by atoms with Crippen molar-refractivity contribution < 1.29 is 14.2 Å². The van der Waals surface area contributed by atoms with E-state index in [0.717, 1.165) is 49.3 Å². The summed E-state index contributed by atoms with van der Waals surface area (Å²) >= 11 is 0. The van der Waals surface area contributed by atoms with Gasteiger partial charge in [0.15, 0.2) is 5.96 Å². The van der Waals surface area contributed by atoms with E-state index in [1.165, 1.54) is 0 Å². The van der Waals surface area contributed by atoms with Gasteiger partial charge in [0.05, 0.1) is 26.9 Å². The van der Waals surface area contributed by atoms with Gasteiger partial charge in [0.1, 0.15) is 11.5 Å². The number of rotatable bonds is 6. The van der Waals surface area contributed by atoms with Gasteiger partial charge < -0.3 is 29.3 Å². The number of morpholine rings is 1. The Kier molecular flexibility index (Phi) is 10.0. The van der Waals surface area contributed by atoms with E-state index in [0.29, 0.717) is 6.54 Å². The molecule has 8 heteroatoms. The minimum atomic E-state index is 0. The average molecular weight is 478 g/mol. The van der Waals surface area contributed by atoms with Gasteiger partial charge in [-0.2, -0.15) is 0 Å². The third-order valence-electron chi connectivity index (χ3n) is 4.30. The summed E-state index contributed by atoms with van der Waals surface area (Å²) in [7, 11) is 9.23. The van der Waals surface area contributed by atoms with Crippen molar-refractivity contribution in [2.45, 2.75) is 12.6 Å². The summed E-state index contributed by atoms with van der Waals surface area (Å²) in [4.78, 5) is 8.72. The van der Waals surface area contributed by atoms with Crippen molar-refractivity contribution in [1.82, 2.24) is 15.1 Å². The Balaban J connectivity index is 0.00000338. The lowest BCUT2D eigenvalue weighted by Crippen LogP contribution is -2.48. The van der Waals surface area contributed by atoms with Crippen molar-refractivity contribution in [1.29, 1.82) is 0 Å². The molecule has 1 heterocycles. The number of methoxy groups -OCH3 is 2. The van der Waals surface area contributed by atoms with Crippen LogP contribution < -0.4 is 14.8 Å². The molecule has 7 nitrogen and oxygen atoms in total. The topological polar surface area (TPSA) is 58.6 Å². The van der Waals surface area contributed by atoms with Crippen LogP contribution in [0.15, 0.2) is 23.2 Å². The number of hydrogen-bond acceptors (Lipinski definition) is 5. The van der Waals surface area contributed by atoms with Crippen LogP contribution in [0.25, 0.3) is 0 Å². The van der Waals surface area contributed by atoms with Crippen LogP contribution in [0.5, 0.6) is 11.5 Å². The van der Waals surface area contributed by atoms with Crippen molar-refractivity contribution >= 4 is 29.9 Å². The molecule has 26 heavy (non-hydrogen) atoms. The van der Waals surface area contributed by atoms with Crippen LogP contribution >= 0.6 is 24.0 Å². The minimum absolute atomic E-state index is 0. The molecule has 1 saturated heterocycles. The molecule has 0 aromatic heterocycles. The van der Waals surface area contributed by atoms with Gasteiger partial charge in [-0.25, -0.2) is 0 Å². The van der Waals surface area contributed by atoms with Crippen LogP contribution in [0.4, 0.5) is 0 Å². The van der Waals surface area contributed by atoms with E-state index >= 15 is 0 Å². The normalized spacial score (nSPS) is 18.0. The Morgan fingerprint density at radius 1 is 1.38 bits per heavy atom. The molecule has 1 aromatic rings. The zero-order chi connectivity index (χ0) is 18.2. The standard InChI is InChI=1S/C18H30N4O3.HI/c1-19-18(20-11-16-13-21(2)8-9-25-16)22(3)12-14-6-7-15(23-4)10-17(14)24-5;/h6-7,10,16H,8-9,11-13H2,1-5H3,(H,19,20);1H. The molecule has 0 spiro atoms. The molecule has 0 amide bonds. The number of nitrogens with one attached hydrogen (secondary N) is 1. The van der Waals surface area contributed by atoms with Gasteiger partial charge in [-0.15, -0.1) is 24.0 Å². The number of aliphatic imine (C=N–C) groups is 1. The van der Waals surface area contributed by atoms with Crippen molar-refractivity contribution in [3.63, 3.8) is 0 Å². The molecule has 1 aromatic carbocycles. The van der Waals surface area contributed by atoms with Crippen LogP contribution in [0, 0.1) is 0 Å². The second kappa shape index (κ2) is 11.5. The summed E-state index contributed by atoms with van der Waals surface area (Å²) in [6, 6.07) is 5.85. The van der Waals surface area contributed by atoms with Crippen molar-refractivity contribution in [2.24, 2.45) is 4.99 Å². The second-order valence-electron chi connectivity index (χ2n) is 6.22. The first kappa shape index (κ1) is 22.8. The molecule has 0 bridgehead atoms. The Bertz CT molecular complexity index is 586. The smallest absolute Gasteiger partial charge is 0.193 e. The lowest BCUT2D eigenvalue weighted by molar-refractivity contribution is -0.0163. The monoisotopic (exact) mass is 478 g/mol. The van der Waals surface area contributed by atoms with E-state index in [2.05, 4.69) is 27.2 Å². The molecule has 1 N–H and O–H groups in total. The molecule has 0 aliphatic carbocycles. The average Bonchev–Trinajstić information content (AvgIpc) is 2.62. The molecule has 1 fully saturated rings. The van der Waals surface area contributed by atoms with Crippen LogP contribution in [0.1, 0.15) is 5.56 Å². The van der Waals surface area contributed by atoms with E-state index in [4.69, 9.17) is 14.2 Å². The molecule has 1 aliphatic heterocycles. The van der Waals surface area contributed by atoms with E-state index in [9.17, 15) is 0 Å². The van der Waals surface area contributed by atoms with Crippen molar-refractivity contribution in [3.05, 3.63) is 23.8 Å². The third kappa shape index (κ3) is 6.48. The molecule has 1 aliphatic rings. The van der Waals surface area contributed by atoms with Crippen molar-refractivity contribution in [2.75, 3.05) is 61.6 Å². The highest BCUT2D eigenvalue weighted by Crippen LogP contribution is 2.25. The number of halogens is 1. The maximum absolute atomic E-state index is 5.79. The van der Waals surface area contributed by atoms with Gasteiger partial charge in [0, 0.05) is 51.9 Å². The zero-order valence-electron chi connectivity index (χ0n) is 16.3. The molecule has 0 radical (unpaired) electrons. The number of hydrogen-bond donors (Lipinski definition) is 1. The van der Waals surface area contributed by atoms with Crippen LogP contribution in [0.3, 0.4) is 0 Å². The van der Waals surface area contributed by atoms with Crippen LogP contribution in [-0.2, 0) is 11.3 Å². The van der Waals surface area contributed by atoms with Crippen LogP contribution in [-0.4, -0.2) is 83.5 Å². The van der Waals surface area contributed by atoms with Gasteiger partial charge >= 0.3 is 0 Å². The number of benzene rings is 1. The molecule has 1 atom stereocenters. The van der Waals surface area contributed by atoms with Crippen molar-refractivity contribution in [3.8, 4) is 11.5 Å². The first-order chi connectivity index (χ1) is 12.1. The summed E-state index contributed by atoms with van der Waals surface area (Å²) < 4.78 is 16.5. The van der Waals surface area contributed by atoms with E-state index in [1.807, 2.05) is 25.2 Å². The summed E-state index contributed by atoms with van der Waals surface area (Å²) in [5.41, 5.74) is 1.07. The second-order valence-corrected chi connectivity index (χ2v) is 6.22. The Hall–Kier alpha value is -1.26. The maximum atomic E-state index is 5.79. The molecule has 148 valence electrons. The highest BCUT2D eigenvalue weighted by atomic mass is 127. The van der Waals surface area contributed by atoms with Crippen LogP contribution in [0.2, 0.25) is 0 Å². The SMILES string of the molecule is CN=C(NCC1CN(C)CCO1)N(C)Cc1ccc(OC)cc1OC.I. The fraction of sp³-hybridized carbons (Fsp3) is 0.611. The summed E-state index contributed by atoms with van der Waals surface area (Å²) in [6.07, 6.45) is 0.180. The Labute approximate surface area is 173 Å². The summed E-state index contributed by atoms with van der Waals surface area (Å²) in [6.45, 7) is 4.11. The lowest BCUT2D eigenvalue weighted by Gasteiger charge is -2.31. The van der Waals surface area contributed by atoms with E-state index < -0.39 is 0 Å². The molecule has 2 rings (SSSR count). The van der Waals surface area contributed by atoms with E-state index in [-0.39, 0.29) is 30.1 Å². The fourth-order valence-electron chi connectivity index (χ4n) is 2.89. The molecular weight excluding hydrogens is 447 g/mol. The van der Waals surface area contributed by atoms with Gasteiger partial charge in [0.25, 0.3) is 0 Å². The first-order valence-corrected chi connectivity index (χ1v) is 8.50. The van der Waals surface area contributed by atoms with Gasteiger partial charge in [-0.1, -0.05) is 0 Å². The predicted octanol–water partition coefficient (Wildman–Crippen LogP) is 1.66. The number of likely N-dealkylation sites (N-methyl/N-ethyl adjacent to an activating group) is 1. The predicted molar refractivity (Wildman–Crippen MR) is 115 cm³/mol. The number of guanidine groups is 1. The highest BCUT2D eigenvalue weighted by molar-refractivity contribution is 14.0. The third-order valence-corrected chi connectivity index (χ3v) is 4.30. The lowest BCUT2D eigenvalue weighted by atomic mass is 10.2. The largest absolute Gasteiger partial charge is 0.497 e. The number of nitrogens with zero attached hydrogens (tertiary/aromatic N) is 3. The fourth-order valence-corrected chi connectivity index (χ4v) is 2.89. The van der Waals surface area contributed by atoms with E-state index in [1.54, 1.807) is 21.3 Å².